The Hall–Kier alpha value is -3.07. The Bertz CT molecular complexity index is 891. The molecule has 136 valence electrons. The van der Waals surface area contributed by atoms with Gasteiger partial charge in [0.2, 0.25) is 0 Å². The summed E-state index contributed by atoms with van der Waals surface area (Å²) in [4.78, 5) is 4.78. The lowest BCUT2D eigenvalue weighted by Crippen LogP contribution is -2.25. The maximum Gasteiger partial charge on any atom is 0.192 e. The lowest BCUT2D eigenvalue weighted by molar-refractivity contribution is 0.553. The molecule has 0 saturated carbocycles. The molecule has 1 fully saturated rings. The first-order chi connectivity index (χ1) is 13.2. The van der Waals surface area contributed by atoms with Crippen molar-refractivity contribution in [3.05, 3.63) is 107 Å². The average Bonchev–Trinajstić information content (AvgIpc) is 3.12. The van der Waals surface area contributed by atoms with E-state index >= 15 is 0 Å². The number of benzene rings is 3. The van der Waals surface area contributed by atoms with E-state index in [-0.39, 0.29) is 12.1 Å². The molecule has 0 unspecified atom stereocenters. The maximum absolute atomic E-state index is 4.78. The van der Waals surface area contributed by atoms with Crippen molar-refractivity contribution in [3.8, 4) is 0 Å². The molecule has 0 aliphatic carbocycles. The molecule has 0 amide bonds. The van der Waals surface area contributed by atoms with Gasteiger partial charge in [-0.25, -0.2) is 4.99 Å². The fourth-order valence-electron chi connectivity index (χ4n) is 3.63. The molecular formula is C24H25N3. The minimum atomic E-state index is 0.154. The highest BCUT2D eigenvalue weighted by Crippen LogP contribution is 2.33. The molecule has 1 heterocycles. The van der Waals surface area contributed by atoms with Gasteiger partial charge in [0.25, 0.3) is 0 Å². The van der Waals surface area contributed by atoms with Crippen molar-refractivity contribution >= 4 is 5.96 Å². The van der Waals surface area contributed by atoms with Crippen LogP contribution in [0, 0.1) is 13.8 Å². The second-order valence-electron chi connectivity index (χ2n) is 7.22. The van der Waals surface area contributed by atoms with Crippen molar-refractivity contribution in [2.24, 2.45) is 4.99 Å². The molecule has 0 aromatic heterocycles. The number of guanidine groups is 1. The van der Waals surface area contributed by atoms with Crippen LogP contribution in [0.4, 0.5) is 0 Å². The molecule has 0 spiro atoms. The van der Waals surface area contributed by atoms with Crippen LogP contribution in [0.3, 0.4) is 0 Å². The fraction of sp³-hybridized carbons (Fsp3) is 0.208. The molecule has 0 radical (unpaired) electrons. The zero-order valence-corrected chi connectivity index (χ0v) is 15.8. The first kappa shape index (κ1) is 17.3. The number of hydrogen-bond acceptors (Lipinski definition) is 1. The van der Waals surface area contributed by atoms with E-state index in [1.54, 1.807) is 0 Å². The van der Waals surface area contributed by atoms with E-state index in [2.05, 4.69) is 97.3 Å². The molecule has 3 heteroatoms. The summed E-state index contributed by atoms with van der Waals surface area (Å²) >= 11 is 0. The lowest BCUT2D eigenvalue weighted by Gasteiger charge is -2.20. The second-order valence-corrected chi connectivity index (χ2v) is 7.22. The van der Waals surface area contributed by atoms with Crippen LogP contribution in [0.5, 0.6) is 0 Å². The molecule has 1 aliphatic rings. The van der Waals surface area contributed by atoms with E-state index < -0.39 is 0 Å². The third kappa shape index (κ3) is 4.03. The van der Waals surface area contributed by atoms with Gasteiger partial charge in [-0.2, -0.15) is 0 Å². The van der Waals surface area contributed by atoms with Crippen molar-refractivity contribution in [2.45, 2.75) is 32.5 Å². The standard InChI is InChI=1S/C24H25N3/c1-17-8-6-12-20(14-17)22-23(21-13-7-9-18(2)15-21)27-24(26-22)25-16-19-10-4-3-5-11-19/h3-15,22-23H,16H2,1-2H3,(H2,25,26,27)/t22-,23+. The lowest BCUT2D eigenvalue weighted by atomic mass is 9.93. The Morgan fingerprint density at radius 3 is 1.78 bits per heavy atom. The van der Waals surface area contributed by atoms with Crippen molar-refractivity contribution in [1.29, 1.82) is 0 Å². The minimum Gasteiger partial charge on any atom is -0.347 e. The maximum atomic E-state index is 4.78. The summed E-state index contributed by atoms with van der Waals surface area (Å²) < 4.78 is 0. The summed E-state index contributed by atoms with van der Waals surface area (Å²) in [7, 11) is 0. The molecule has 4 rings (SSSR count). The first-order valence-electron chi connectivity index (χ1n) is 9.43. The summed E-state index contributed by atoms with van der Waals surface area (Å²) in [6, 6.07) is 28.1. The zero-order valence-electron chi connectivity index (χ0n) is 15.8. The Labute approximate surface area is 161 Å². The highest BCUT2D eigenvalue weighted by Gasteiger charge is 2.32. The number of aliphatic imine (C=N–C) groups is 1. The summed E-state index contributed by atoms with van der Waals surface area (Å²) in [6.45, 7) is 4.94. The van der Waals surface area contributed by atoms with Gasteiger partial charge in [-0.05, 0) is 30.5 Å². The summed E-state index contributed by atoms with van der Waals surface area (Å²) in [5.74, 6) is 0.858. The Kier molecular flexibility index (Phi) is 4.93. The van der Waals surface area contributed by atoms with Crippen molar-refractivity contribution < 1.29 is 0 Å². The van der Waals surface area contributed by atoms with Crippen molar-refractivity contribution in [2.75, 3.05) is 0 Å². The van der Waals surface area contributed by atoms with Gasteiger partial charge in [0, 0.05) is 0 Å². The summed E-state index contributed by atoms with van der Waals surface area (Å²) in [6.07, 6.45) is 0. The highest BCUT2D eigenvalue weighted by atomic mass is 15.3. The van der Waals surface area contributed by atoms with Crippen LogP contribution in [0.1, 0.15) is 39.9 Å². The summed E-state index contributed by atoms with van der Waals surface area (Å²) in [5.41, 5.74) is 6.30. The van der Waals surface area contributed by atoms with E-state index in [0.29, 0.717) is 6.54 Å². The van der Waals surface area contributed by atoms with Crippen molar-refractivity contribution in [3.63, 3.8) is 0 Å². The van der Waals surface area contributed by atoms with Crippen LogP contribution in [-0.4, -0.2) is 5.96 Å². The monoisotopic (exact) mass is 355 g/mol. The highest BCUT2D eigenvalue weighted by molar-refractivity contribution is 5.83. The van der Waals surface area contributed by atoms with Gasteiger partial charge >= 0.3 is 0 Å². The molecule has 3 aromatic rings. The van der Waals surface area contributed by atoms with Gasteiger partial charge in [0.1, 0.15) is 0 Å². The molecule has 1 aliphatic heterocycles. The zero-order chi connectivity index (χ0) is 18.6. The Morgan fingerprint density at radius 1 is 0.704 bits per heavy atom. The number of nitrogens with zero attached hydrogens (tertiary/aromatic N) is 1. The SMILES string of the molecule is Cc1cccc([C@H]2NC(=NCc3ccccc3)N[C@H]2c2cccc(C)c2)c1. The summed E-state index contributed by atoms with van der Waals surface area (Å²) in [5, 5.41) is 7.22. The topological polar surface area (TPSA) is 36.4 Å². The molecule has 27 heavy (non-hydrogen) atoms. The Balaban J connectivity index is 1.64. The number of nitrogens with one attached hydrogen (secondary N) is 2. The van der Waals surface area contributed by atoms with Gasteiger partial charge in [-0.15, -0.1) is 0 Å². The predicted octanol–water partition coefficient (Wildman–Crippen LogP) is 4.83. The molecular weight excluding hydrogens is 330 g/mol. The van der Waals surface area contributed by atoms with E-state index in [1.165, 1.54) is 27.8 Å². The third-order valence-electron chi connectivity index (χ3n) is 4.98. The van der Waals surface area contributed by atoms with Crippen molar-refractivity contribution in [1.82, 2.24) is 10.6 Å². The quantitative estimate of drug-likeness (QED) is 0.703. The first-order valence-corrected chi connectivity index (χ1v) is 9.43. The van der Waals surface area contributed by atoms with Crippen LogP contribution in [-0.2, 0) is 6.54 Å². The van der Waals surface area contributed by atoms with Crippen LogP contribution >= 0.6 is 0 Å². The van der Waals surface area contributed by atoms with Gasteiger partial charge < -0.3 is 10.6 Å². The van der Waals surface area contributed by atoms with Crippen LogP contribution in [0.2, 0.25) is 0 Å². The molecule has 0 bridgehead atoms. The molecule has 2 N–H and O–H groups in total. The molecule has 3 nitrogen and oxygen atoms in total. The predicted molar refractivity (Wildman–Crippen MR) is 112 cm³/mol. The van der Waals surface area contributed by atoms with E-state index in [0.717, 1.165) is 5.96 Å². The Morgan fingerprint density at radius 2 is 1.26 bits per heavy atom. The molecule has 2 atom stereocenters. The van der Waals surface area contributed by atoms with Gasteiger partial charge in [-0.1, -0.05) is 90.0 Å². The van der Waals surface area contributed by atoms with Crippen LogP contribution in [0.25, 0.3) is 0 Å². The molecule has 3 aromatic carbocycles. The molecule has 1 saturated heterocycles. The fourth-order valence-corrected chi connectivity index (χ4v) is 3.63. The smallest absolute Gasteiger partial charge is 0.192 e. The average molecular weight is 355 g/mol. The van der Waals surface area contributed by atoms with Gasteiger partial charge in [0.05, 0.1) is 18.6 Å². The van der Waals surface area contributed by atoms with Crippen LogP contribution < -0.4 is 10.6 Å². The largest absolute Gasteiger partial charge is 0.347 e. The number of rotatable bonds is 4. The van der Waals surface area contributed by atoms with Crippen LogP contribution in [0.15, 0.2) is 83.9 Å². The van der Waals surface area contributed by atoms with E-state index in [9.17, 15) is 0 Å². The normalized spacial score (nSPS) is 20.3. The second kappa shape index (κ2) is 7.67. The van der Waals surface area contributed by atoms with Gasteiger partial charge in [0.15, 0.2) is 5.96 Å². The number of aryl methyl sites for hydroxylation is 2. The van der Waals surface area contributed by atoms with E-state index in [1.807, 2.05) is 6.07 Å². The third-order valence-corrected chi connectivity index (χ3v) is 4.98. The number of hydrogen-bond donors (Lipinski definition) is 2. The minimum absolute atomic E-state index is 0.154. The van der Waals surface area contributed by atoms with Gasteiger partial charge in [-0.3, -0.25) is 0 Å². The van der Waals surface area contributed by atoms with E-state index in [4.69, 9.17) is 4.99 Å².